The number of halogens is 1. The molecule has 20 heavy (non-hydrogen) atoms. The van der Waals surface area contributed by atoms with Gasteiger partial charge in [0.2, 0.25) is 5.91 Å². The third-order valence-electron chi connectivity index (χ3n) is 3.42. The number of carbonyl (C=O) groups excluding carboxylic acids is 2. The third kappa shape index (κ3) is 3.04. The van der Waals surface area contributed by atoms with Gasteiger partial charge in [0.25, 0.3) is 0 Å². The van der Waals surface area contributed by atoms with Crippen molar-refractivity contribution in [3.05, 3.63) is 47.8 Å². The minimum absolute atomic E-state index is 0.0985. The van der Waals surface area contributed by atoms with Crippen LogP contribution in [-0.2, 0) is 19.7 Å². The Morgan fingerprint density at radius 2 is 2.00 bits per heavy atom. The second kappa shape index (κ2) is 5.86. The summed E-state index contributed by atoms with van der Waals surface area (Å²) in [5.74, 6) is -0.872. The van der Waals surface area contributed by atoms with E-state index >= 15 is 0 Å². The Bertz CT molecular complexity index is 533. The van der Waals surface area contributed by atoms with Crippen LogP contribution in [0.25, 0.3) is 0 Å². The molecule has 1 aliphatic carbocycles. The molecule has 0 radical (unpaired) electrons. The van der Waals surface area contributed by atoms with Crippen molar-refractivity contribution in [1.29, 1.82) is 0 Å². The maximum Gasteiger partial charge on any atom is 0.330 e. The molecule has 4 nitrogen and oxygen atoms in total. The molecule has 2 rings (SSSR count). The highest BCUT2D eigenvalue weighted by atomic mass is 19.1. The number of amides is 1. The molecule has 0 unspecified atom stereocenters. The minimum Gasteiger partial charge on any atom is -0.466 e. The number of methoxy groups -OCH3 is 1. The molecule has 5 heteroatoms. The number of ether oxygens (including phenoxy) is 1. The van der Waals surface area contributed by atoms with E-state index in [1.54, 1.807) is 12.1 Å². The van der Waals surface area contributed by atoms with Crippen molar-refractivity contribution in [1.82, 2.24) is 5.32 Å². The van der Waals surface area contributed by atoms with Crippen LogP contribution in [-0.4, -0.2) is 25.5 Å². The van der Waals surface area contributed by atoms with Crippen molar-refractivity contribution < 1.29 is 18.7 Å². The van der Waals surface area contributed by atoms with Gasteiger partial charge in [0.15, 0.2) is 0 Å². The van der Waals surface area contributed by atoms with Crippen molar-refractivity contribution >= 4 is 11.9 Å². The summed E-state index contributed by atoms with van der Waals surface area (Å²) in [5.41, 5.74) is 0.292. The van der Waals surface area contributed by atoms with Crippen LogP contribution >= 0.6 is 0 Å². The van der Waals surface area contributed by atoms with E-state index in [2.05, 4.69) is 10.1 Å². The predicted octanol–water partition coefficient (Wildman–Crippen LogP) is 1.70. The monoisotopic (exact) mass is 277 g/mol. The molecule has 0 spiro atoms. The summed E-state index contributed by atoms with van der Waals surface area (Å²) in [6.45, 7) is 0.261. The van der Waals surface area contributed by atoms with E-state index in [1.165, 1.54) is 31.4 Å². The summed E-state index contributed by atoms with van der Waals surface area (Å²) in [7, 11) is 1.29. The maximum atomic E-state index is 12.9. The Morgan fingerprint density at radius 1 is 1.35 bits per heavy atom. The summed E-state index contributed by atoms with van der Waals surface area (Å²) in [4.78, 5) is 23.0. The standard InChI is InChI=1S/C15H16FNO3/c1-20-13(18)3-2-10-17-14(19)15(8-9-15)11-4-6-12(16)7-5-11/h2-7H,8-10H2,1H3,(H,17,19)/b3-2+. The van der Waals surface area contributed by atoms with Gasteiger partial charge in [-0.15, -0.1) is 0 Å². The molecule has 1 aliphatic rings. The molecule has 0 heterocycles. The third-order valence-corrected chi connectivity index (χ3v) is 3.42. The average Bonchev–Trinajstić information content (AvgIpc) is 3.25. The van der Waals surface area contributed by atoms with Crippen molar-refractivity contribution in [2.75, 3.05) is 13.7 Å². The lowest BCUT2D eigenvalue weighted by Crippen LogP contribution is -2.34. The molecule has 0 saturated heterocycles. The summed E-state index contributed by atoms with van der Waals surface area (Å²) in [6, 6.07) is 6.01. The van der Waals surface area contributed by atoms with E-state index < -0.39 is 11.4 Å². The van der Waals surface area contributed by atoms with E-state index in [9.17, 15) is 14.0 Å². The first-order chi connectivity index (χ1) is 9.58. The minimum atomic E-state index is -0.535. The first-order valence-corrected chi connectivity index (χ1v) is 6.37. The van der Waals surface area contributed by atoms with Crippen molar-refractivity contribution in [3.8, 4) is 0 Å². The maximum absolute atomic E-state index is 12.9. The smallest absolute Gasteiger partial charge is 0.330 e. The first kappa shape index (κ1) is 14.2. The quantitative estimate of drug-likeness (QED) is 0.658. The highest BCUT2D eigenvalue weighted by Gasteiger charge is 2.50. The summed E-state index contributed by atoms with van der Waals surface area (Å²) in [6.07, 6.45) is 4.30. The van der Waals surface area contributed by atoms with Gasteiger partial charge in [0.05, 0.1) is 12.5 Å². The Morgan fingerprint density at radius 3 is 2.55 bits per heavy atom. The number of benzene rings is 1. The molecule has 1 aromatic rings. The van der Waals surface area contributed by atoms with Crippen LogP contribution in [0.1, 0.15) is 18.4 Å². The molecule has 1 N–H and O–H groups in total. The van der Waals surface area contributed by atoms with Crippen LogP contribution < -0.4 is 5.32 Å². The Labute approximate surface area is 116 Å². The number of hydrogen-bond acceptors (Lipinski definition) is 3. The lowest BCUT2D eigenvalue weighted by Gasteiger charge is -2.14. The topological polar surface area (TPSA) is 55.4 Å². The second-order valence-corrected chi connectivity index (χ2v) is 4.72. The Kier molecular flexibility index (Phi) is 4.17. The second-order valence-electron chi connectivity index (χ2n) is 4.72. The van der Waals surface area contributed by atoms with Crippen LogP contribution in [0.2, 0.25) is 0 Å². The summed E-state index contributed by atoms with van der Waals surface area (Å²) < 4.78 is 17.3. The van der Waals surface area contributed by atoms with Gasteiger partial charge in [0.1, 0.15) is 5.82 Å². The number of carbonyl (C=O) groups is 2. The van der Waals surface area contributed by atoms with Gasteiger partial charge in [-0.05, 0) is 30.5 Å². The Hall–Kier alpha value is -2.17. The van der Waals surface area contributed by atoms with Crippen molar-refractivity contribution in [2.45, 2.75) is 18.3 Å². The first-order valence-electron chi connectivity index (χ1n) is 6.37. The van der Waals surface area contributed by atoms with Gasteiger partial charge < -0.3 is 10.1 Å². The molecule has 1 saturated carbocycles. The van der Waals surface area contributed by atoms with Crippen LogP contribution in [0.4, 0.5) is 4.39 Å². The molecular formula is C15H16FNO3. The fraction of sp³-hybridized carbons (Fsp3) is 0.333. The number of nitrogens with one attached hydrogen (secondary N) is 1. The molecule has 0 aromatic heterocycles. The van der Waals surface area contributed by atoms with Gasteiger partial charge >= 0.3 is 5.97 Å². The number of hydrogen-bond donors (Lipinski definition) is 1. The fourth-order valence-corrected chi connectivity index (χ4v) is 2.08. The SMILES string of the molecule is COC(=O)/C=C/CNC(=O)C1(c2ccc(F)cc2)CC1. The zero-order valence-corrected chi connectivity index (χ0v) is 11.2. The molecule has 1 fully saturated rings. The molecule has 0 bridgehead atoms. The molecular weight excluding hydrogens is 261 g/mol. The molecule has 106 valence electrons. The van der Waals surface area contributed by atoms with Crippen LogP contribution in [0.3, 0.4) is 0 Å². The lowest BCUT2D eigenvalue weighted by atomic mass is 9.95. The Balaban J connectivity index is 1.94. The lowest BCUT2D eigenvalue weighted by molar-refractivity contribution is -0.134. The van der Waals surface area contributed by atoms with Gasteiger partial charge in [-0.2, -0.15) is 0 Å². The van der Waals surface area contributed by atoms with Crippen LogP contribution in [0, 0.1) is 5.82 Å². The zero-order valence-electron chi connectivity index (χ0n) is 11.2. The molecule has 1 aromatic carbocycles. The predicted molar refractivity (Wildman–Crippen MR) is 71.5 cm³/mol. The van der Waals surface area contributed by atoms with E-state index in [1.807, 2.05) is 0 Å². The highest BCUT2D eigenvalue weighted by molar-refractivity contribution is 5.91. The summed E-state index contributed by atoms with van der Waals surface area (Å²) >= 11 is 0. The normalized spacial score (nSPS) is 15.9. The van der Waals surface area contributed by atoms with Gasteiger partial charge in [0, 0.05) is 12.6 Å². The van der Waals surface area contributed by atoms with E-state index in [0.29, 0.717) is 0 Å². The molecule has 0 aliphatic heterocycles. The molecule has 1 amide bonds. The number of esters is 1. The van der Waals surface area contributed by atoms with Crippen molar-refractivity contribution in [3.63, 3.8) is 0 Å². The fourth-order valence-electron chi connectivity index (χ4n) is 2.08. The summed E-state index contributed by atoms with van der Waals surface area (Å²) in [5, 5.41) is 2.75. The largest absolute Gasteiger partial charge is 0.466 e. The van der Waals surface area contributed by atoms with E-state index in [-0.39, 0.29) is 18.3 Å². The van der Waals surface area contributed by atoms with Gasteiger partial charge in [-0.1, -0.05) is 18.2 Å². The van der Waals surface area contributed by atoms with E-state index in [0.717, 1.165) is 18.4 Å². The van der Waals surface area contributed by atoms with Crippen molar-refractivity contribution in [2.24, 2.45) is 0 Å². The highest BCUT2D eigenvalue weighted by Crippen LogP contribution is 2.48. The molecule has 0 atom stereocenters. The zero-order chi connectivity index (χ0) is 14.6. The number of rotatable bonds is 5. The average molecular weight is 277 g/mol. The van der Waals surface area contributed by atoms with Crippen LogP contribution in [0.15, 0.2) is 36.4 Å². The van der Waals surface area contributed by atoms with Crippen LogP contribution in [0.5, 0.6) is 0 Å². The van der Waals surface area contributed by atoms with Gasteiger partial charge in [-0.25, -0.2) is 9.18 Å². The van der Waals surface area contributed by atoms with E-state index in [4.69, 9.17) is 0 Å². The van der Waals surface area contributed by atoms with Gasteiger partial charge in [-0.3, -0.25) is 4.79 Å².